The topological polar surface area (TPSA) is 29.5 Å². The normalized spacial score (nSPS) is 12.1. The van der Waals surface area contributed by atoms with Crippen LogP contribution in [0.2, 0.25) is 5.02 Å². The third-order valence-electron chi connectivity index (χ3n) is 3.72. The van der Waals surface area contributed by atoms with E-state index in [1.54, 1.807) is 0 Å². The second-order valence-electron chi connectivity index (χ2n) is 5.81. The van der Waals surface area contributed by atoms with Crippen LogP contribution in [0.5, 0.6) is 5.75 Å². The van der Waals surface area contributed by atoms with Crippen LogP contribution in [-0.2, 0) is 12.4 Å². The molecule has 0 heterocycles. The summed E-state index contributed by atoms with van der Waals surface area (Å²) in [7, 11) is 0.891. The number of alkyl halides is 6. The summed E-state index contributed by atoms with van der Waals surface area (Å²) in [6.45, 7) is 0.877. The average Bonchev–Trinajstić information content (AvgIpc) is 2.57. The lowest BCUT2D eigenvalue weighted by atomic mass is 10.0. The van der Waals surface area contributed by atoms with Gasteiger partial charge in [0.15, 0.2) is 0 Å². The zero-order valence-corrected chi connectivity index (χ0v) is 15.2. The van der Waals surface area contributed by atoms with Gasteiger partial charge in [0.2, 0.25) is 0 Å². The molecule has 0 fully saturated rings. The van der Waals surface area contributed by atoms with E-state index in [1.807, 2.05) is 0 Å². The molecule has 0 N–H and O–H groups in total. The second kappa shape index (κ2) is 7.69. The summed E-state index contributed by atoms with van der Waals surface area (Å²) in [6, 6.07) is 1.20. The van der Waals surface area contributed by atoms with Crippen molar-refractivity contribution in [2.75, 3.05) is 11.9 Å². The largest absolute Gasteiger partial charge is 0.420 e. The molecule has 0 aromatic heterocycles. The Hall–Kier alpha value is -2.56. The second-order valence-corrected chi connectivity index (χ2v) is 6.22. The van der Waals surface area contributed by atoms with Crippen LogP contribution >= 0.6 is 11.6 Å². The summed E-state index contributed by atoms with van der Waals surface area (Å²) in [5, 5.41) is -0.581. The van der Waals surface area contributed by atoms with Crippen molar-refractivity contribution in [3.63, 3.8) is 0 Å². The monoisotopic (exact) mass is 447 g/mol. The number of carbonyl (C=O) groups excluding carboxylic acids is 1. The Morgan fingerprint density at radius 3 is 2.07 bits per heavy atom. The summed E-state index contributed by atoms with van der Waals surface area (Å²) in [6.07, 6.45) is -11.9. The molecule has 0 saturated carbocycles. The Labute approximate surface area is 163 Å². The number of amides is 1. The number of rotatable bonds is 2. The van der Waals surface area contributed by atoms with Gasteiger partial charge in [0.25, 0.3) is 0 Å². The Kier molecular flexibility index (Phi) is 6.03. The number of benzene rings is 2. The first-order valence-electron chi connectivity index (χ1n) is 7.52. The fraction of sp³-hybridized carbons (Fsp3) is 0.235. The van der Waals surface area contributed by atoms with Crippen LogP contribution in [0.3, 0.4) is 0 Å². The molecular formula is C17H10ClF8NO2. The van der Waals surface area contributed by atoms with E-state index < -0.39 is 63.2 Å². The Bertz CT molecular complexity index is 956. The highest BCUT2D eigenvalue weighted by Crippen LogP contribution is 2.42. The van der Waals surface area contributed by atoms with E-state index in [4.69, 9.17) is 11.6 Å². The van der Waals surface area contributed by atoms with Crippen molar-refractivity contribution in [3.05, 3.63) is 57.6 Å². The zero-order chi connectivity index (χ0) is 22.3. The SMILES string of the molecule is Cc1cc(C(F)(F)F)cc(C(F)(F)F)c1OC(=O)N(C)c1cc(Cl)c(F)cc1F. The highest BCUT2D eigenvalue weighted by Gasteiger charge is 2.40. The number of halogens is 9. The van der Waals surface area contributed by atoms with Crippen LogP contribution in [0, 0.1) is 18.6 Å². The quantitative estimate of drug-likeness (QED) is 0.383. The predicted octanol–water partition coefficient (Wildman–Crippen LogP) is 6.60. The fourth-order valence-electron chi connectivity index (χ4n) is 2.31. The van der Waals surface area contributed by atoms with Gasteiger partial charge in [-0.3, -0.25) is 4.90 Å². The zero-order valence-electron chi connectivity index (χ0n) is 14.5. The molecule has 2 aromatic rings. The molecule has 158 valence electrons. The van der Waals surface area contributed by atoms with Crippen molar-refractivity contribution < 1.29 is 44.7 Å². The number of nitrogens with zero attached hydrogens (tertiary/aromatic N) is 1. The molecule has 2 aromatic carbocycles. The van der Waals surface area contributed by atoms with Crippen LogP contribution < -0.4 is 9.64 Å². The molecule has 0 aliphatic carbocycles. The van der Waals surface area contributed by atoms with Crippen LogP contribution in [-0.4, -0.2) is 13.1 Å². The summed E-state index contributed by atoms with van der Waals surface area (Å²) in [4.78, 5) is 12.6. The number of hydrogen-bond acceptors (Lipinski definition) is 2. The first-order valence-corrected chi connectivity index (χ1v) is 7.90. The summed E-state index contributed by atoms with van der Waals surface area (Å²) < 4.78 is 110. The van der Waals surface area contributed by atoms with Crippen molar-refractivity contribution in [2.24, 2.45) is 0 Å². The maximum atomic E-state index is 13.9. The van der Waals surface area contributed by atoms with Gasteiger partial charge in [-0.25, -0.2) is 13.6 Å². The third-order valence-corrected chi connectivity index (χ3v) is 4.01. The molecule has 2 rings (SSSR count). The lowest BCUT2D eigenvalue weighted by Crippen LogP contribution is -2.31. The van der Waals surface area contributed by atoms with E-state index in [1.165, 1.54) is 0 Å². The van der Waals surface area contributed by atoms with Crippen molar-refractivity contribution in [3.8, 4) is 5.75 Å². The molecule has 12 heteroatoms. The lowest BCUT2D eigenvalue weighted by Gasteiger charge is -2.22. The predicted molar refractivity (Wildman–Crippen MR) is 87.0 cm³/mol. The molecule has 0 radical (unpaired) electrons. The number of ether oxygens (including phenoxy) is 1. The highest BCUT2D eigenvalue weighted by molar-refractivity contribution is 6.31. The standard InChI is InChI=1S/C17H10ClF8NO2/c1-7-3-8(16(21,22)23)4-9(17(24,25)26)14(7)29-15(28)27(2)13-5-10(18)11(19)6-12(13)20/h3-6H,1-2H3. The van der Waals surface area contributed by atoms with Crippen molar-refractivity contribution >= 4 is 23.4 Å². The Balaban J connectivity index is 2.48. The lowest BCUT2D eigenvalue weighted by molar-refractivity contribution is -0.143. The molecule has 0 saturated heterocycles. The first kappa shape index (κ1) is 22.7. The van der Waals surface area contributed by atoms with Crippen LogP contribution in [0.4, 0.5) is 45.6 Å². The van der Waals surface area contributed by atoms with Crippen molar-refractivity contribution in [1.82, 2.24) is 0 Å². The number of anilines is 1. The molecule has 3 nitrogen and oxygen atoms in total. The van der Waals surface area contributed by atoms with Gasteiger partial charge in [0, 0.05) is 13.1 Å². The van der Waals surface area contributed by atoms with Gasteiger partial charge in [-0.1, -0.05) is 11.6 Å². The van der Waals surface area contributed by atoms with Crippen LogP contribution in [0.25, 0.3) is 0 Å². The molecule has 0 bridgehead atoms. The molecule has 1 amide bonds. The molecule has 0 unspecified atom stereocenters. The van der Waals surface area contributed by atoms with Gasteiger partial charge in [-0.05, 0) is 30.7 Å². The maximum absolute atomic E-state index is 13.9. The number of hydrogen-bond donors (Lipinski definition) is 0. The van der Waals surface area contributed by atoms with Gasteiger partial charge >= 0.3 is 18.4 Å². The molecule has 29 heavy (non-hydrogen) atoms. The van der Waals surface area contributed by atoms with E-state index in [2.05, 4.69) is 4.74 Å². The molecule has 0 spiro atoms. The maximum Gasteiger partial charge on any atom is 0.420 e. The van der Waals surface area contributed by atoms with Gasteiger partial charge in [0.1, 0.15) is 17.4 Å². The van der Waals surface area contributed by atoms with E-state index in [-0.39, 0.29) is 6.07 Å². The minimum Gasteiger partial charge on any atom is -0.409 e. The number of carbonyl (C=O) groups is 1. The van der Waals surface area contributed by atoms with Gasteiger partial charge in [-0.2, -0.15) is 26.3 Å². The highest BCUT2D eigenvalue weighted by atomic mass is 35.5. The van der Waals surface area contributed by atoms with Gasteiger partial charge < -0.3 is 4.74 Å². The average molecular weight is 448 g/mol. The smallest absolute Gasteiger partial charge is 0.409 e. The van der Waals surface area contributed by atoms with E-state index in [9.17, 15) is 39.9 Å². The fourth-order valence-corrected chi connectivity index (χ4v) is 2.46. The van der Waals surface area contributed by atoms with Gasteiger partial charge in [0.05, 0.1) is 21.8 Å². The van der Waals surface area contributed by atoms with E-state index in [0.717, 1.165) is 14.0 Å². The molecule has 0 aliphatic heterocycles. The summed E-state index contributed by atoms with van der Waals surface area (Å²) in [5.41, 5.74) is -4.69. The van der Waals surface area contributed by atoms with E-state index in [0.29, 0.717) is 23.1 Å². The minimum atomic E-state index is -5.29. The van der Waals surface area contributed by atoms with Crippen molar-refractivity contribution in [2.45, 2.75) is 19.3 Å². The molecule has 0 atom stereocenters. The Morgan fingerprint density at radius 2 is 1.55 bits per heavy atom. The van der Waals surface area contributed by atoms with E-state index >= 15 is 0 Å². The first-order chi connectivity index (χ1) is 13.1. The van der Waals surface area contributed by atoms with Crippen LogP contribution in [0.1, 0.15) is 16.7 Å². The summed E-state index contributed by atoms with van der Waals surface area (Å²) in [5.74, 6) is -3.60. The Morgan fingerprint density at radius 1 is 0.966 bits per heavy atom. The molecule has 0 aliphatic rings. The van der Waals surface area contributed by atoms with Gasteiger partial charge in [-0.15, -0.1) is 0 Å². The minimum absolute atomic E-state index is 0.203. The van der Waals surface area contributed by atoms with Crippen LogP contribution in [0.15, 0.2) is 24.3 Å². The summed E-state index contributed by atoms with van der Waals surface area (Å²) >= 11 is 5.49. The molecular weight excluding hydrogens is 438 g/mol. The van der Waals surface area contributed by atoms with Crippen molar-refractivity contribution in [1.29, 1.82) is 0 Å². The number of aryl methyl sites for hydroxylation is 1. The third kappa shape index (κ3) is 4.89.